The van der Waals surface area contributed by atoms with Gasteiger partial charge in [0.25, 0.3) is 0 Å². The predicted octanol–water partition coefficient (Wildman–Crippen LogP) is 3.98. The molecule has 2 aliphatic rings. The van der Waals surface area contributed by atoms with Crippen LogP contribution in [0.3, 0.4) is 0 Å². The summed E-state index contributed by atoms with van der Waals surface area (Å²) < 4.78 is 0. The van der Waals surface area contributed by atoms with Gasteiger partial charge >= 0.3 is 0 Å². The third-order valence-electron chi connectivity index (χ3n) is 5.48. The van der Waals surface area contributed by atoms with E-state index in [1.807, 2.05) is 12.1 Å². The van der Waals surface area contributed by atoms with Gasteiger partial charge in [0.1, 0.15) is 5.75 Å². The van der Waals surface area contributed by atoms with Gasteiger partial charge in [-0.2, -0.15) is 0 Å². The Balaban J connectivity index is 1.45. The fourth-order valence-corrected chi connectivity index (χ4v) is 4.00. The van der Waals surface area contributed by atoms with E-state index in [0.717, 1.165) is 6.42 Å². The number of phenolic OH excluding ortho intramolecular Hbond substituents is 1. The Labute approximate surface area is 122 Å². The molecule has 1 aliphatic heterocycles. The number of likely N-dealkylation sites (tertiary alicyclic amines) is 1. The van der Waals surface area contributed by atoms with Crippen molar-refractivity contribution in [2.45, 2.75) is 51.4 Å². The van der Waals surface area contributed by atoms with Crippen molar-refractivity contribution in [1.82, 2.24) is 4.90 Å². The smallest absolute Gasteiger partial charge is 0.115 e. The van der Waals surface area contributed by atoms with Crippen LogP contribution in [0.5, 0.6) is 5.75 Å². The molecule has 2 nitrogen and oxygen atoms in total. The number of piperidine rings is 1. The van der Waals surface area contributed by atoms with Crippen molar-refractivity contribution in [2.75, 3.05) is 19.6 Å². The highest BCUT2D eigenvalue weighted by Gasteiger charge is 2.35. The second-order valence-corrected chi connectivity index (χ2v) is 6.82. The normalized spacial score (nSPS) is 23.0. The van der Waals surface area contributed by atoms with Gasteiger partial charge in [0.05, 0.1) is 0 Å². The van der Waals surface area contributed by atoms with Crippen molar-refractivity contribution < 1.29 is 5.11 Å². The highest BCUT2D eigenvalue weighted by atomic mass is 16.3. The molecule has 1 aromatic carbocycles. The molecule has 3 rings (SSSR count). The molecule has 0 amide bonds. The van der Waals surface area contributed by atoms with Crippen LogP contribution in [0.4, 0.5) is 0 Å². The maximum Gasteiger partial charge on any atom is 0.115 e. The monoisotopic (exact) mass is 273 g/mol. The van der Waals surface area contributed by atoms with Gasteiger partial charge in [-0.05, 0) is 68.3 Å². The van der Waals surface area contributed by atoms with Gasteiger partial charge in [0.2, 0.25) is 0 Å². The fraction of sp³-hybridized carbons (Fsp3) is 0.667. The lowest BCUT2D eigenvalue weighted by atomic mass is 9.68. The van der Waals surface area contributed by atoms with Gasteiger partial charge in [-0.15, -0.1) is 0 Å². The maximum atomic E-state index is 9.30. The molecule has 0 bridgehead atoms. The molecule has 1 N–H and O–H groups in total. The molecule has 1 saturated carbocycles. The van der Waals surface area contributed by atoms with E-state index in [1.165, 1.54) is 70.1 Å². The molecule has 1 aliphatic carbocycles. The zero-order valence-electron chi connectivity index (χ0n) is 12.5. The lowest BCUT2D eigenvalue weighted by molar-refractivity contribution is 0.0684. The number of benzene rings is 1. The van der Waals surface area contributed by atoms with Crippen LogP contribution in [-0.2, 0) is 6.42 Å². The summed E-state index contributed by atoms with van der Waals surface area (Å²) in [5.41, 5.74) is 2.05. The Morgan fingerprint density at radius 3 is 2.20 bits per heavy atom. The number of aromatic hydroxyl groups is 1. The first-order valence-electron chi connectivity index (χ1n) is 8.26. The number of hydrogen-bond donors (Lipinski definition) is 1. The highest BCUT2D eigenvalue weighted by molar-refractivity contribution is 5.26. The standard InChI is InChI=1S/C18H27NO/c20-17-6-4-16(5-7-17)8-13-19-14-11-18(12-15-19)9-2-1-3-10-18/h4-7,20H,1-3,8-15H2. The summed E-state index contributed by atoms with van der Waals surface area (Å²) in [4.78, 5) is 2.63. The molecule has 1 saturated heterocycles. The summed E-state index contributed by atoms with van der Waals surface area (Å²) in [5.74, 6) is 0.367. The van der Waals surface area contributed by atoms with Crippen LogP contribution >= 0.6 is 0 Å². The van der Waals surface area contributed by atoms with Gasteiger partial charge in [-0.25, -0.2) is 0 Å². The van der Waals surface area contributed by atoms with Gasteiger partial charge < -0.3 is 10.0 Å². The van der Waals surface area contributed by atoms with Crippen molar-refractivity contribution in [1.29, 1.82) is 0 Å². The fourth-order valence-electron chi connectivity index (χ4n) is 4.00. The van der Waals surface area contributed by atoms with Gasteiger partial charge in [-0.3, -0.25) is 0 Å². The zero-order valence-corrected chi connectivity index (χ0v) is 12.5. The second-order valence-electron chi connectivity index (χ2n) is 6.82. The van der Waals surface area contributed by atoms with Crippen molar-refractivity contribution in [2.24, 2.45) is 5.41 Å². The summed E-state index contributed by atoms with van der Waals surface area (Å²) in [6, 6.07) is 7.68. The van der Waals surface area contributed by atoms with Gasteiger partial charge in [0.15, 0.2) is 0 Å². The van der Waals surface area contributed by atoms with E-state index in [-0.39, 0.29) is 0 Å². The Hall–Kier alpha value is -1.02. The summed E-state index contributed by atoms with van der Waals surface area (Å²) in [7, 11) is 0. The van der Waals surface area contributed by atoms with E-state index in [1.54, 1.807) is 12.1 Å². The van der Waals surface area contributed by atoms with E-state index in [4.69, 9.17) is 0 Å². The first-order chi connectivity index (χ1) is 9.76. The van der Waals surface area contributed by atoms with Crippen molar-refractivity contribution >= 4 is 0 Å². The first kappa shape index (κ1) is 13.9. The van der Waals surface area contributed by atoms with E-state index in [9.17, 15) is 5.11 Å². The minimum Gasteiger partial charge on any atom is -0.508 e. The SMILES string of the molecule is Oc1ccc(CCN2CCC3(CCCCC3)CC2)cc1. The molecule has 0 aromatic heterocycles. The third kappa shape index (κ3) is 3.35. The van der Waals surface area contributed by atoms with E-state index in [2.05, 4.69) is 4.90 Å². The summed E-state index contributed by atoms with van der Waals surface area (Å²) in [6.07, 6.45) is 11.3. The largest absolute Gasteiger partial charge is 0.508 e. The van der Waals surface area contributed by atoms with E-state index >= 15 is 0 Å². The van der Waals surface area contributed by atoms with Gasteiger partial charge in [0, 0.05) is 6.54 Å². The quantitative estimate of drug-likeness (QED) is 0.900. The molecule has 20 heavy (non-hydrogen) atoms. The molecular weight excluding hydrogens is 246 g/mol. The van der Waals surface area contributed by atoms with E-state index in [0.29, 0.717) is 11.2 Å². The molecule has 110 valence electrons. The maximum absolute atomic E-state index is 9.30. The number of hydrogen-bond acceptors (Lipinski definition) is 2. The molecule has 1 aromatic rings. The Kier molecular flexibility index (Phi) is 4.30. The van der Waals surface area contributed by atoms with E-state index < -0.39 is 0 Å². The molecule has 2 heteroatoms. The molecule has 0 radical (unpaired) electrons. The Morgan fingerprint density at radius 2 is 1.55 bits per heavy atom. The first-order valence-corrected chi connectivity index (χ1v) is 8.26. The van der Waals surface area contributed by atoms with Crippen molar-refractivity contribution in [3.8, 4) is 5.75 Å². The molecule has 1 spiro atoms. The van der Waals surface area contributed by atoms with Crippen molar-refractivity contribution in [3.63, 3.8) is 0 Å². The van der Waals surface area contributed by atoms with Crippen LogP contribution in [0.15, 0.2) is 24.3 Å². The zero-order chi connectivity index (χ0) is 13.8. The lowest BCUT2D eigenvalue weighted by Crippen LogP contribution is -2.41. The lowest BCUT2D eigenvalue weighted by Gasteiger charge is -2.44. The van der Waals surface area contributed by atoms with Gasteiger partial charge in [-0.1, -0.05) is 31.4 Å². The van der Waals surface area contributed by atoms with Crippen LogP contribution in [-0.4, -0.2) is 29.6 Å². The molecule has 1 heterocycles. The summed E-state index contributed by atoms with van der Waals surface area (Å²) in [5, 5.41) is 9.30. The van der Waals surface area contributed by atoms with Crippen LogP contribution < -0.4 is 0 Å². The third-order valence-corrected chi connectivity index (χ3v) is 5.48. The second kappa shape index (κ2) is 6.17. The number of phenols is 1. The molecule has 2 fully saturated rings. The van der Waals surface area contributed by atoms with Crippen LogP contribution in [0.25, 0.3) is 0 Å². The molecular formula is C18H27NO. The molecule has 0 atom stereocenters. The van der Waals surface area contributed by atoms with Crippen molar-refractivity contribution in [3.05, 3.63) is 29.8 Å². The Bertz CT molecular complexity index is 410. The van der Waals surface area contributed by atoms with Crippen LogP contribution in [0.2, 0.25) is 0 Å². The topological polar surface area (TPSA) is 23.5 Å². The van der Waals surface area contributed by atoms with Crippen LogP contribution in [0.1, 0.15) is 50.5 Å². The minimum absolute atomic E-state index is 0.367. The average Bonchev–Trinajstić information content (AvgIpc) is 2.49. The number of nitrogens with zero attached hydrogens (tertiary/aromatic N) is 1. The average molecular weight is 273 g/mol. The summed E-state index contributed by atoms with van der Waals surface area (Å²) >= 11 is 0. The highest BCUT2D eigenvalue weighted by Crippen LogP contribution is 2.44. The number of rotatable bonds is 3. The Morgan fingerprint density at radius 1 is 0.900 bits per heavy atom. The predicted molar refractivity (Wildman–Crippen MR) is 83.0 cm³/mol. The minimum atomic E-state index is 0.367. The summed E-state index contributed by atoms with van der Waals surface area (Å²) in [6.45, 7) is 3.75. The molecule has 0 unspecified atom stereocenters. The van der Waals surface area contributed by atoms with Crippen LogP contribution in [0, 0.1) is 5.41 Å².